The van der Waals surface area contributed by atoms with Crippen LogP contribution in [-0.4, -0.2) is 30.0 Å². The number of benzene rings is 2. The molecule has 154 valence electrons. The van der Waals surface area contributed by atoms with Crippen molar-refractivity contribution < 1.29 is 13.9 Å². The fraction of sp³-hybridized carbons (Fsp3) is 0.458. The number of ether oxygens (including phenoxy) is 1. The van der Waals surface area contributed by atoms with E-state index in [2.05, 4.69) is 10.2 Å². The smallest absolute Gasteiger partial charge is 0.228 e. The van der Waals surface area contributed by atoms with Crippen LogP contribution in [0.25, 0.3) is 0 Å². The number of piperidine rings is 1. The second-order valence-corrected chi connectivity index (χ2v) is 8.24. The molecular formula is C24H29FN2O2. The molecule has 29 heavy (non-hydrogen) atoms. The van der Waals surface area contributed by atoms with E-state index in [1.165, 1.54) is 25.0 Å². The lowest BCUT2D eigenvalue weighted by Gasteiger charge is -2.32. The molecule has 1 saturated carbocycles. The quantitative estimate of drug-likeness (QED) is 0.747. The molecule has 0 unspecified atom stereocenters. The minimum Gasteiger partial charge on any atom is -0.490 e. The lowest BCUT2D eigenvalue weighted by Crippen LogP contribution is -2.40. The van der Waals surface area contributed by atoms with Gasteiger partial charge in [-0.2, -0.15) is 0 Å². The Morgan fingerprint density at radius 3 is 2.45 bits per heavy atom. The highest BCUT2D eigenvalue weighted by Crippen LogP contribution is 2.26. The number of nitrogens with one attached hydrogen (secondary N) is 1. The lowest BCUT2D eigenvalue weighted by molar-refractivity contribution is -0.121. The summed E-state index contributed by atoms with van der Waals surface area (Å²) in [7, 11) is 0. The summed E-state index contributed by atoms with van der Waals surface area (Å²) in [6, 6.07) is 14.3. The van der Waals surface area contributed by atoms with Gasteiger partial charge in [-0.3, -0.25) is 9.69 Å². The zero-order chi connectivity index (χ0) is 20.1. The molecule has 0 radical (unpaired) electrons. The van der Waals surface area contributed by atoms with E-state index in [0.29, 0.717) is 6.10 Å². The first-order chi connectivity index (χ1) is 14.2. The fourth-order valence-electron chi connectivity index (χ4n) is 4.32. The van der Waals surface area contributed by atoms with E-state index in [9.17, 15) is 9.18 Å². The summed E-state index contributed by atoms with van der Waals surface area (Å²) in [5.74, 6) is 0.694. The Bertz CT molecular complexity index is 801. The van der Waals surface area contributed by atoms with Gasteiger partial charge in [0.2, 0.25) is 5.91 Å². The molecule has 1 heterocycles. The highest BCUT2D eigenvalue weighted by Gasteiger charge is 2.26. The molecule has 1 aliphatic carbocycles. The van der Waals surface area contributed by atoms with Crippen molar-refractivity contribution in [1.82, 2.24) is 4.90 Å². The molecule has 4 nitrogen and oxygen atoms in total. The number of anilines is 1. The monoisotopic (exact) mass is 396 g/mol. The first-order valence-electron chi connectivity index (χ1n) is 10.7. The zero-order valence-corrected chi connectivity index (χ0v) is 16.8. The van der Waals surface area contributed by atoms with Crippen LogP contribution in [0.3, 0.4) is 0 Å². The standard InChI is InChI=1S/C24H29FN2O2/c25-20-9-7-18(8-10-20)16-27-15-3-4-19(17-27)24(28)26-21-11-13-23(14-12-21)29-22-5-1-2-6-22/h7-14,19,22H,1-6,15-17H2,(H,26,28)/t19-/m1/s1. The Labute approximate surface area is 172 Å². The van der Waals surface area contributed by atoms with Crippen LogP contribution in [0.5, 0.6) is 5.75 Å². The van der Waals surface area contributed by atoms with Gasteiger partial charge >= 0.3 is 0 Å². The van der Waals surface area contributed by atoms with Gasteiger partial charge in [-0.1, -0.05) is 12.1 Å². The minimum absolute atomic E-state index is 0.0291. The summed E-state index contributed by atoms with van der Waals surface area (Å²) in [6.07, 6.45) is 6.99. The van der Waals surface area contributed by atoms with Crippen molar-refractivity contribution in [2.45, 2.75) is 51.2 Å². The van der Waals surface area contributed by atoms with E-state index in [4.69, 9.17) is 4.74 Å². The third kappa shape index (κ3) is 5.57. The Morgan fingerprint density at radius 2 is 1.72 bits per heavy atom. The summed E-state index contributed by atoms with van der Waals surface area (Å²) in [6.45, 7) is 2.44. The second-order valence-electron chi connectivity index (χ2n) is 8.24. The molecular weight excluding hydrogens is 367 g/mol. The summed E-state index contributed by atoms with van der Waals surface area (Å²) in [4.78, 5) is 15.0. The number of halogens is 1. The van der Waals surface area contributed by atoms with Crippen LogP contribution < -0.4 is 10.1 Å². The van der Waals surface area contributed by atoms with E-state index in [0.717, 1.165) is 62.3 Å². The van der Waals surface area contributed by atoms with Gasteiger partial charge in [0.25, 0.3) is 0 Å². The largest absolute Gasteiger partial charge is 0.490 e. The molecule has 4 rings (SSSR count). The van der Waals surface area contributed by atoms with E-state index in [-0.39, 0.29) is 17.6 Å². The lowest BCUT2D eigenvalue weighted by atomic mass is 9.96. The Kier molecular flexibility index (Phi) is 6.45. The molecule has 1 amide bonds. The SMILES string of the molecule is O=C(Nc1ccc(OC2CCCC2)cc1)[C@@H]1CCCN(Cc2ccc(F)cc2)C1. The van der Waals surface area contributed by atoms with Gasteiger partial charge < -0.3 is 10.1 Å². The average molecular weight is 397 g/mol. The second kappa shape index (κ2) is 9.40. The van der Waals surface area contributed by atoms with Crippen molar-refractivity contribution in [2.75, 3.05) is 18.4 Å². The van der Waals surface area contributed by atoms with Crippen LogP contribution in [0.2, 0.25) is 0 Å². The number of carbonyl (C=O) groups is 1. The minimum atomic E-state index is -0.218. The van der Waals surface area contributed by atoms with Gasteiger partial charge in [0, 0.05) is 18.8 Å². The van der Waals surface area contributed by atoms with E-state index < -0.39 is 0 Å². The predicted octanol–water partition coefficient (Wildman–Crippen LogP) is 5.00. The molecule has 1 aliphatic heterocycles. The fourth-order valence-corrected chi connectivity index (χ4v) is 4.32. The molecule has 1 N–H and O–H groups in total. The normalized spacial score (nSPS) is 20.5. The molecule has 2 aromatic rings. The Hall–Kier alpha value is -2.40. The van der Waals surface area contributed by atoms with Gasteiger partial charge in [0.05, 0.1) is 12.0 Å². The van der Waals surface area contributed by atoms with Gasteiger partial charge in [-0.05, 0) is 87.0 Å². The highest BCUT2D eigenvalue weighted by atomic mass is 19.1. The van der Waals surface area contributed by atoms with Crippen molar-refractivity contribution >= 4 is 11.6 Å². The maximum atomic E-state index is 13.1. The number of nitrogens with zero attached hydrogens (tertiary/aromatic N) is 1. The molecule has 2 aliphatic rings. The van der Waals surface area contributed by atoms with E-state index >= 15 is 0 Å². The Balaban J connectivity index is 1.28. The predicted molar refractivity (Wildman–Crippen MR) is 112 cm³/mol. The van der Waals surface area contributed by atoms with E-state index in [1.54, 1.807) is 0 Å². The van der Waals surface area contributed by atoms with Crippen LogP contribution >= 0.6 is 0 Å². The van der Waals surface area contributed by atoms with Crippen LogP contribution in [0.4, 0.5) is 10.1 Å². The summed E-state index contributed by atoms with van der Waals surface area (Å²) >= 11 is 0. The summed E-state index contributed by atoms with van der Waals surface area (Å²) < 4.78 is 19.1. The van der Waals surface area contributed by atoms with Gasteiger partial charge in [0.15, 0.2) is 0 Å². The van der Waals surface area contributed by atoms with Crippen molar-refractivity contribution in [1.29, 1.82) is 0 Å². The average Bonchev–Trinajstić information content (AvgIpc) is 3.24. The first-order valence-corrected chi connectivity index (χ1v) is 10.7. The van der Waals surface area contributed by atoms with Crippen LogP contribution in [0.15, 0.2) is 48.5 Å². The first kappa shape index (κ1) is 19.9. The molecule has 0 aromatic heterocycles. The maximum absolute atomic E-state index is 13.1. The van der Waals surface area contributed by atoms with Crippen molar-refractivity contribution in [3.63, 3.8) is 0 Å². The molecule has 0 bridgehead atoms. The van der Waals surface area contributed by atoms with Crippen LogP contribution in [0, 0.1) is 11.7 Å². The number of likely N-dealkylation sites (tertiary alicyclic amines) is 1. The summed E-state index contributed by atoms with van der Waals surface area (Å²) in [5.41, 5.74) is 1.88. The molecule has 2 fully saturated rings. The molecule has 2 aromatic carbocycles. The summed E-state index contributed by atoms with van der Waals surface area (Å²) in [5, 5.41) is 3.05. The third-order valence-corrected chi connectivity index (χ3v) is 5.92. The Morgan fingerprint density at radius 1 is 1.00 bits per heavy atom. The van der Waals surface area contributed by atoms with Crippen molar-refractivity contribution in [2.24, 2.45) is 5.92 Å². The van der Waals surface area contributed by atoms with Crippen molar-refractivity contribution in [3.05, 3.63) is 59.9 Å². The molecule has 1 saturated heterocycles. The van der Waals surface area contributed by atoms with Crippen molar-refractivity contribution in [3.8, 4) is 5.75 Å². The van der Waals surface area contributed by atoms with Gasteiger partial charge in [-0.15, -0.1) is 0 Å². The third-order valence-electron chi connectivity index (χ3n) is 5.92. The number of carbonyl (C=O) groups excluding carboxylic acids is 1. The number of rotatable bonds is 6. The topological polar surface area (TPSA) is 41.6 Å². The number of hydrogen-bond donors (Lipinski definition) is 1. The maximum Gasteiger partial charge on any atom is 0.228 e. The number of hydrogen-bond acceptors (Lipinski definition) is 3. The molecule has 1 atom stereocenters. The zero-order valence-electron chi connectivity index (χ0n) is 16.8. The van der Waals surface area contributed by atoms with Gasteiger partial charge in [-0.25, -0.2) is 4.39 Å². The number of amides is 1. The van der Waals surface area contributed by atoms with Crippen LogP contribution in [0.1, 0.15) is 44.1 Å². The van der Waals surface area contributed by atoms with E-state index in [1.807, 2.05) is 36.4 Å². The van der Waals surface area contributed by atoms with Crippen LogP contribution in [-0.2, 0) is 11.3 Å². The molecule has 5 heteroatoms. The highest BCUT2D eigenvalue weighted by molar-refractivity contribution is 5.92. The molecule has 0 spiro atoms. The van der Waals surface area contributed by atoms with Gasteiger partial charge in [0.1, 0.15) is 11.6 Å².